The van der Waals surface area contributed by atoms with E-state index in [9.17, 15) is 37.3 Å². The Kier molecular flexibility index (Phi) is 19.2. The van der Waals surface area contributed by atoms with Crippen LogP contribution >= 0.6 is 23.2 Å². The van der Waals surface area contributed by atoms with Crippen LogP contribution in [0.4, 0.5) is 22.7 Å². The van der Waals surface area contributed by atoms with E-state index in [-0.39, 0.29) is 62.7 Å². The predicted octanol–water partition coefficient (Wildman–Crippen LogP) is 4.66. The topological polar surface area (TPSA) is 350 Å². The molecule has 0 aliphatic carbocycles. The van der Waals surface area contributed by atoms with Crippen molar-refractivity contribution >= 4 is 66.0 Å². The molecule has 333 valence electrons. The third-order valence-corrected chi connectivity index (χ3v) is 10.6. The van der Waals surface area contributed by atoms with Gasteiger partial charge in [-0.2, -0.15) is 20.4 Å². The maximum Gasteiger partial charge on any atom is 3.00 e. The summed E-state index contributed by atoms with van der Waals surface area (Å²) in [6.45, 7) is 4.76. The van der Waals surface area contributed by atoms with Gasteiger partial charge in [-0.3, -0.25) is 0 Å². The van der Waals surface area contributed by atoms with Gasteiger partial charge in [-0.15, -0.1) is 10.2 Å². The van der Waals surface area contributed by atoms with E-state index < -0.39 is 43.3 Å². The summed E-state index contributed by atoms with van der Waals surface area (Å²) in [5.41, 5.74) is 11.4. The average molecular weight is 981 g/mol. The van der Waals surface area contributed by atoms with Crippen molar-refractivity contribution in [3.8, 4) is 34.6 Å². The van der Waals surface area contributed by atoms with Crippen molar-refractivity contribution in [2.45, 2.75) is 49.3 Å². The molecule has 63 heavy (non-hydrogen) atoms. The SMILES string of the molecule is Cc1nn(-c2ccc(Cl)cc2)c([O-])c1N=Nc1cc(S(N)(=O)=O)ccc1[O-].Cc1nn(-c2ccc(Cl)cc2)c([O-])c1N=Nc1cc(S(N)(=O)=O)ccc1[O-].NCCCCCCN.[Cr+3].[H+]. The van der Waals surface area contributed by atoms with Crippen LogP contribution in [-0.2, 0) is 37.4 Å². The molecular formula is C38H41Cl2CrN12O8S2. The van der Waals surface area contributed by atoms with Crippen molar-refractivity contribution in [3.63, 3.8) is 0 Å². The van der Waals surface area contributed by atoms with E-state index in [2.05, 4.69) is 30.7 Å². The molecule has 20 nitrogen and oxygen atoms in total. The van der Waals surface area contributed by atoms with Crippen LogP contribution in [0.5, 0.6) is 23.3 Å². The van der Waals surface area contributed by atoms with Gasteiger partial charge in [-0.1, -0.05) is 59.7 Å². The summed E-state index contributed by atoms with van der Waals surface area (Å²) in [5, 5.41) is 83.1. The largest absolute Gasteiger partial charge is 3.00 e. The van der Waals surface area contributed by atoms with Crippen LogP contribution in [0.25, 0.3) is 11.4 Å². The van der Waals surface area contributed by atoms with Gasteiger partial charge < -0.3 is 31.9 Å². The van der Waals surface area contributed by atoms with Gasteiger partial charge in [-0.25, -0.2) is 36.5 Å². The first-order valence-corrected chi connectivity index (χ1v) is 22.1. The van der Waals surface area contributed by atoms with Gasteiger partial charge in [-0.05, 0) is 113 Å². The first-order chi connectivity index (χ1) is 29.2. The number of halogens is 2. The van der Waals surface area contributed by atoms with E-state index in [0.717, 1.165) is 71.7 Å². The summed E-state index contributed by atoms with van der Waals surface area (Å²) in [5.74, 6) is -2.23. The third-order valence-electron chi connectivity index (χ3n) is 8.31. The number of aryl methyl sites for hydroxylation is 2. The molecule has 0 spiro atoms. The van der Waals surface area contributed by atoms with Crippen LogP contribution in [-0.4, -0.2) is 49.5 Å². The van der Waals surface area contributed by atoms with E-state index in [1.54, 1.807) is 62.4 Å². The van der Waals surface area contributed by atoms with Crippen molar-refractivity contribution in [2.75, 3.05) is 13.1 Å². The summed E-state index contributed by atoms with van der Waals surface area (Å²) in [4.78, 5) is -0.570. The fraction of sp³-hybridized carbons (Fsp3) is 0.211. The van der Waals surface area contributed by atoms with Crippen LogP contribution in [0.15, 0.2) is 115 Å². The summed E-state index contributed by atoms with van der Waals surface area (Å²) in [6.07, 6.45) is 4.79. The Morgan fingerprint density at radius 3 is 1.21 bits per heavy atom. The molecule has 2 aromatic heterocycles. The molecule has 0 fully saturated rings. The first-order valence-electron chi connectivity index (χ1n) is 18.2. The number of aromatic nitrogens is 4. The minimum Gasteiger partial charge on any atom is -0.871 e. The Morgan fingerprint density at radius 1 is 0.571 bits per heavy atom. The molecule has 4 aromatic carbocycles. The number of azo groups is 2. The molecule has 2 heterocycles. The van der Waals surface area contributed by atoms with Crippen molar-refractivity contribution < 1.29 is 56.0 Å². The van der Waals surface area contributed by atoms with E-state index in [0.29, 0.717) is 21.4 Å². The number of hydrogen-bond acceptors (Lipinski definition) is 16. The number of unbranched alkanes of at least 4 members (excludes halogenated alkanes) is 3. The van der Waals surface area contributed by atoms with Gasteiger partial charge in [0.15, 0.2) is 0 Å². The fourth-order valence-corrected chi connectivity index (χ4v) is 6.41. The fourth-order valence-electron chi connectivity index (χ4n) is 5.10. The van der Waals surface area contributed by atoms with Gasteiger partial charge in [0.25, 0.3) is 0 Å². The summed E-state index contributed by atoms with van der Waals surface area (Å²) >= 11 is 11.7. The average Bonchev–Trinajstić information content (AvgIpc) is 3.67. The number of benzene rings is 4. The van der Waals surface area contributed by atoms with Crippen LogP contribution in [0.3, 0.4) is 0 Å². The van der Waals surface area contributed by atoms with E-state index in [4.69, 9.17) is 44.9 Å². The maximum atomic E-state index is 12.5. The molecule has 0 saturated heterocycles. The molecule has 0 amide bonds. The predicted molar refractivity (Wildman–Crippen MR) is 226 cm³/mol. The standard InChI is InChI=1S/2C16H14ClN5O4S.C6H16N2.Cr/c2*1-9-15(16(24)22(21-9)11-4-2-10(17)3-5-11)20-19-13-8-12(27(18,25)26)6-7-14(13)23;7-5-3-1-2-4-6-8;/h2*2-8,23-24H,1H3,(H2,18,25,26);1-8H2;/q;;;+3/p-3. The molecule has 0 aliphatic rings. The van der Waals surface area contributed by atoms with Gasteiger partial charge in [0.05, 0.1) is 43.9 Å². The second-order valence-electron chi connectivity index (χ2n) is 13.0. The van der Waals surface area contributed by atoms with Crippen molar-refractivity contribution in [2.24, 2.45) is 42.2 Å². The van der Waals surface area contributed by atoms with Gasteiger partial charge in [0.2, 0.25) is 20.0 Å². The minimum atomic E-state index is -4.01. The molecule has 0 atom stereocenters. The van der Waals surface area contributed by atoms with Crippen molar-refractivity contribution in [3.05, 3.63) is 106 Å². The number of primary sulfonamides is 2. The molecule has 8 N–H and O–H groups in total. The zero-order chi connectivity index (χ0) is 45.8. The Morgan fingerprint density at radius 2 is 0.905 bits per heavy atom. The number of rotatable bonds is 13. The van der Waals surface area contributed by atoms with Crippen LogP contribution in [0, 0.1) is 13.8 Å². The van der Waals surface area contributed by atoms with E-state index in [1.807, 2.05) is 0 Å². The van der Waals surface area contributed by atoms with Crippen LogP contribution in [0.2, 0.25) is 10.0 Å². The third kappa shape index (κ3) is 14.5. The zero-order valence-electron chi connectivity index (χ0n) is 34.5. The van der Waals surface area contributed by atoms with Crippen molar-refractivity contribution in [1.82, 2.24) is 19.6 Å². The molecule has 6 rings (SSSR count). The number of nitrogens with zero attached hydrogens (tertiary/aromatic N) is 8. The van der Waals surface area contributed by atoms with Crippen LogP contribution < -0.4 is 42.2 Å². The molecule has 25 heteroatoms. The van der Waals surface area contributed by atoms with E-state index in [1.165, 1.54) is 12.8 Å². The Hall–Kier alpha value is -5.45. The molecule has 0 bridgehead atoms. The van der Waals surface area contributed by atoms with Gasteiger partial charge >= 0.3 is 18.8 Å². The van der Waals surface area contributed by atoms with Crippen LogP contribution in [0.1, 0.15) is 38.5 Å². The second-order valence-corrected chi connectivity index (χ2v) is 17.0. The van der Waals surface area contributed by atoms with Gasteiger partial charge in [0, 0.05) is 21.8 Å². The summed E-state index contributed by atoms with van der Waals surface area (Å²) in [6, 6.07) is 19.0. The first kappa shape index (κ1) is 51.9. The number of hydrogen-bond donors (Lipinski definition) is 4. The van der Waals surface area contributed by atoms with E-state index >= 15 is 0 Å². The Labute approximate surface area is 385 Å². The normalized spacial score (nSPS) is 11.5. The molecule has 0 aliphatic heterocycles. The maximum absolute atomic E-state index is 12.5. The molecule has 0 unspecified atom stereocenters. The van der Waals surface area contributed by atoms with Gasteiger partial charge in [0.1, 0.15) is 11.4 Å². The minimum absolute atomic E-state index is 0. The smallest absolute Gasteiger partial charge is 0.871 e. The number of nitrogens with two attached hydrogens (primary N) is 4. The molecule has 0 saturated carbocycles. The number of sulfonamides is 2. The summed E-state index contributed by atoms with van der Waals surface area (Å²) in [7, 11) is -8.01. The molecule has 1 radical (unpaired) electrons. The second kappa shape index (κ2) is 23.3. The monoisotopic (exact) mass is 979 g/mol. The summed E-state index contributed by atoms with van der Waals surface area (Å²) < 4.78 is 47.8. The van der Waals surface area contributed by atoms with Crippen molar-refractivity contribution in [1.29, 1.82) is 0 Å². The zero-order valence-corrected chi connectivity index (χ0v) is 37.9. The molecule has 6 aromatic rings. The quantitative estimate of drug-likeness (QED) is 0.0907. The Balaban J connectivity index is 0.000000367. The Bertz CT molecular complexity index is 2590. The molecular weight excluding hydrogens is 940 g/mol.